The molecule has 0 radical (unpaired) electrons. The summed E-state index contributed by atoms with van der Waals surface area (Å²) >= 11 is 0. The summed E-state index contributed by atoms with van der Waals surface area (Å²) in [6.07, 6.45) is 0. The third-order valence-electron chi connectivity index (χ3n) is 4.26. The van der Waals surface area contributed by atoms with E-state index in [-0.39, 0.29) is 23.9 Å². The number of rotatable bonds is 4. The molecule has 1 heterocycles. The molecule has 1 aliphatic heterocycles. The number of benzene rings is 1. The molecule has 1 N–H and O–H groups in total. The monoisotopic (exact) mass is 319 g/mol. The van der Waals surface area contributed by atoms with Crippen molar-refractivity contribution in [2.45, 2.75) is 25.9 Å². The smallest absolute Gasteiger partial charge is 0.257 e. The van der Waals surface area contributed by atoms with Gasteiger partial charge in [0.2, 0.25) is 5.91 Å². The Hall–Kier alpha value is -2.08. The van der Waals surface area contributed by atoms with E-state index in [2.05, 4.69) is 24.1 Å². The van der Waals surface area contributed by atoms with Crippen LogP contribution >= 0.6 is 0 Å². The minimum absolute atomic E-state index is 0.0590. The summed E-state index contributed by atoms with van der Waals surface area (Å²) in [7, 11) is 3.18. The van der Waals surface area contributed by atoms with Crippen LogP contribution < -0.4 is 10.1 Å². The summed E-state index contributed by atoms with van der Waals surface area (Å²) in [5, 5.41) is 2.70. The number of carbonyl (C=O) groups is 2. The first-order chi connectivity index (χ1) is 11.0. The number of hydrogen-bond acceptors (Lipinski definition) is 4. The molecule has 1 fully saturated rings. The molecule has 1 aromatic rings. The lowest BCUT2D eigenvalue weighted by Crippen LogP contribution is -2.61. The topological polar surface area (TPSA) is 61.9 Å². The normalized spacial score (nSPS) is 18.8. The van der Waals surface area contributed by atoms with Crippen LogP contribution in [0.5, 0.6) is 5.75 Å². The van der Waals surface area contributed by atoms with Gasteiger partial charge in [-0.05, 0) is 26.0 Å². The lowest BCUT2D eigenvalue weighted by molar-refractivity contribution is -0.128. The number of nitrogens with one attached hydrogen (secondary N) is 1. The van der Waals surface area contributed by atoms with Crippen LogP contribution in [0.2, 0.25) is 0 Å². The first kappa shape index (κ1) is 17.3. The van der Waals surface area contributed by atoms with Crippen LogP contribution in [0.15, 0.2) is 24.3 Å². The van der Waals surface area contributed by atoms with Gasteiger partial charge < -0.3 is 15.0 Å². The maximum Gasteiger partial charge on any atom is 0.257 e. The van der Waals surface area contributed by atoms with E-state index in [1.165, 1.54) is 0 Å². The highest BCUT2D eigenvalue weighted by Crippen LogP contribution is 2.22. The summed E-state index contributed by atoms with van der Waals surface area (Å²) in [4.78, 5) is 28.9. The summed E-state index contributed by atoms with van der Waals surface area (Å²) in [5.74, 6) is 0.399. The Labute approximate surface area is 137 Å². The minimum atomic E-state index is -0.326. The Bertz CT molecular complexity index is 574. The fourth-order valence-corrected chi connectivity index (χ4v) is 2.99. The fourth-order valence-electron chi connectivity index (χ4n) is 2.99. The van der Waals surface area contributed by atoms with E-state index in [1.54, 1.807) is 31.2 Å². The summed E-state index contributed by atoms with van der Waals surface area (Å²) in [6, 6.07) is 7.10. The van der Waals surface area contributed by atoms with Crippen molar-refractivity contribution < 1.29 is 14.3 Å². The molecule has 1 saturated heterocycles. The van der Waals surface area contributed by atoms with E-state index < -0.39 is 0 Å². The van der Waals surface area contributed by atoms with Crippen LogP contribution in [-0.2, 0) is 4.79 Å². The standard InChI is InChI=1S/C17H25N3O3/c1-12(2)20-10-9-19(11-14(20)16(21)18-3)17(22)13-7-5-6-8-15(13)23-4/h5-8,12,14H,9-11H2,1-4H3,(H,18,21). The molecule has 1 atom stereocenters. The van der Waals surface area contributed by atoms with Crippen molar-refractivity contribution in [2.75, 3.05) is 33.8 Å². The fraction of sp³-hybridized carbons (Fsp3) is 0.529. The first-order valence-corrected chi connectivity index (χ1v) is 7.89. The highest BCUT2D eigenvalue weighted by atomic mass is 16.5. The van der Waals surface area contributed by atoms with Crippen molar-refractivity contribution >= 4 is 11.8 Å². The second-order valence-electron chi connectivity index (χ2n) is 5.91. The van der Waals surface area contributed by atoms with Crippen LogP contribution in [0.3, 0.4) is 0 Å². The van der Waals surface area contributed by atoms with Gasteiger partial charge in [-0.25, -0.2) is 0 Å². The number of para-hydroxylation sites is 1. The molecular formula is C17H25N3O3. The maximum atomic E-state index is 12.8. The van der Waals surface area contributed by atoms with Crippen LogP contribution in [0.25, 0.3) is 0 Å². The van der Waals surface area contributed by atoms with Gasteiger partial charge in [0.25, 0.3) is 5.91 Å². The van der Waals surface area contributed by atoms with Gasteiger partial charge in [0.1, 0.15) is 11.8 Å². The lowest BCUT2D eigenvalue weighted by Gasteiger charge is -2.42. The molecule has 0 saturated carbocycles. The lowest BCUT2D eigenvalue weighted by atomic mass is 10.1. The molecular weight excluding hydrogens is 294 g/mol. The molecule has 0 aromatic heterocycles. The quantitative estimate of drug-likeness (QED) is 0.898. The zero-order valence-electron chi connectivity index (χ0n) is 14.2. The van der Waals surface area contributed by atoms with Crippen LogP contribution in [0.4, 0.5) is 0 Å². The van der Waals surface area contributed by atoms with Crippen molar-refractivity contribution in [3.63, 3.8) is 0 Å². The second kappa shape index (κ2) is 7.46. The van der Waals surface area contributed by atoms with Gasteiger partial charge in [-0.2, -0.15) is 0 Å². The Morgan fingerprint density at radius 3 is 2.57 bits per heavy atom. The van der Waals surface area contributed by atoms with Gasteiger partial charge >= 0.3 is 0 Å². The molecule has 0 spiro atoms. The average molecular weight is 319 g/mol. The number of methoxy groups -OCH3 is 1. The molecule has 126 valence electrons. The molecule has 1 aromatic carbocycles. The predicted molar refractivity (Wildman–Crippen MR) is 88.6 cm³/mol. The number of piperazine rings is 1. The third-order valence-corrected chi connectivity index (χ3v) is 4.26. The molecule has 6 heteroatoms. The number of likely N-dealkylation sites (N-methyl/N-ethyl adjacent to an activating group) is 1. The maximum absolute atomic E-state index is 12.8. The van der Waals surface area contributed by atoms with Crippen molar-refractivity contribution in [1.29, 1.82) is 0 Å². The highest BCUT2D eigenvalue weighted by Gasteiger charge is 2.35. The third kappa shape index (κ3) is 3.64. The zero-order chi connectivity index (χ0) is 17.0. The van der Waals surface area contributed by atoms with Crippen LogP contribution in [0, 0.1) is 0 Å². The Balaban J connectivity index is 2.21. The molecule has 2 rings (SSSR count). The Morgan fingerprint density at radius 1 is 1.26 bits per heavy atom. The van der Waals surface area contributed by atoms with Crippen molar-refractivity contribution in [1.82, 2.24) is 15.1 Å². The Morgan fingerprint density at radius 2 is 1.96 bits per heavy atom. The Kier molecular flexibility index (Phi) is 5.60. The molecule has 2 amide bonds. The largest absolute Gasteiger partial charge is 0.496 e. The van der Waals surface area contributed by atoms with E-state index in [9.17, 15) is 9.59 Å². The summed E-state index contributed by atoms with van der Waals surface area (Å²) < 4.78 is 5.27. The minimum Gasteiger partial charge on any atom is -0.496 e. The van der Waals surface area contributed by atoms with Crippen molar-refractivity contribution in [3.8, 4) is 5.75 Å². The first-order valence-electron chi connectivity index (χ1n) is 7.89. The van der Waals surface area contributed by atoms with Gasteiger partial charge in [0.05, 0.1) is 12.7 Å². The van der Waals surface area contributed by atoms with E-state index in [0.29, 0.717) is 30.9 Å². The average Bonchev–Trinajstić information content (AvgIpc) is 2.59. The van der Waals surface area contributed by atoms with E-state index in [4.69, 9.17) is 4.74 Å². The highest BCUT2D eigenvalue weighted by molar-refractivity contribution is 5.97. The number of hydrogen-bond donors (Lipinski definition) is 1. The van der Waals surface area contributed by atoms with E-state index in [0.717, 1.165) is 0 Å². The summed E-state index contributed by atoms with van der Waals surface area (Å²) in [6.45, 7) is 5.79. The van der Waals surface area contributed by atoms with E-state index in [1.807, 2.05) is 12.1 Å². The molecule has 6 nitrogen and oxygen atoms in total. The van der Waals surface area contributed by atoms with Gasteiger partial charge in [0.15, 0.2) is 0 Å². The summed E-state index contributed by atoms with van der Waals surface area (Å²) in [5.41, 5.74) is 0.531. The number of carbonyl (C=O) groups excluding carboxylic acids is 2. The van der Waals surface area contributed by atoms with Crippen molar-refractivity contribution in [2.24, 2.45) is 0 Å². The van der Waals surface area contributed by atoms with Crippen molar-refractivity contribution in [3.05, 3.63) is 29.8 Å². The molecule has 23 heavy (non-hydrogen) atoms. The van der Waals surface area contributed by atoms with Gasteiger partial charge in [-0.1, -0.05) is 12.1 Å². The molecule has 0 aliphatic carbocycles. The molecule has 1 unspecified atom stereocenters. The van der Waals surface area contributed by atoms with Gasteiger partial charge in [0, 0.05) is 32.7 Å². The molecule has 1 aliphatic rings. The van der Waals surface area contributed by atoms with E-state index >= 15 is 0 Å². The number of ether oxygens (including phenoxy) is 1. The van der Waals surface area contributed by atoms with Gasteiger partial charge in [-0.3, -0.25) is 14.5 Å². The zero-order valence-corrected chi connectivity index (χ0v) is 14.2. The SMILES string of the molecule is CNC(=O)C1CN(C(=O)c2ccccc2OC)CCN1C(C)C. The van der Waals surface area contributed by atoms with Crippen LogP contribution in [0.1, 0.15) is 24.2 Å². The molecule has 0 bridgehead atoms. The predicted octanol–water partition coefficient (Wildman–Crippen LogP) is 0.976. The number of nitrogens with zero attached hydrogens (tertiary/aromatic N) is 2. The van der Waals surface area contributed by atoms with Crippen LogP contribution in [-0.4, -0.2) is 67.5 Å². The second-order valence-corrected chi connectivity index (χ2v) is 5.91. The number of amides is 2. The van der Waals surface area contributed by atoms with Gasteiger partial charge in [-0.15, -0.1) is 0 Å².